The minimum atomic E-state index is -3.43. The SMILES string of the molecule is CCCS(=O)(=O)NCC(C)(F)c1ccc(-c2cccc(N)c2)cc1. The number of benzene rings is 2. The highest BCUT2D eigenvalue weighted by molar-refractivity contribution is 7.89. The molecule has 0 fully saturated rings. The molecule has 24 heavy (non-hydrogen) atoms. The van der Waals surface area contributed by atoms with Crippen LogP contribution >= 0.6 is 0 Å². The second kappa shape index (κ2) is 7.32. The Morgan fingerprint density at radius 2 is 1.79 bits per heavy atom. The maximum absolute atomic E-state index is 14.8. The number of hydrogen-bond donors (Lipinski definition) is 2. The maximum Gasteiger partial charge on any atom is 0.211 e. The van der Waals surface area contributed by atoms with Gasteiger partial charge < -0.3 is 5.73 Å². The van der Waals surface area contributed by atoms with E-state index in [9.17, 15) is 12.8 Å². The van der Waals surface area contributed by atoms with Gasteiger partial charge >= 0.3 is 0 Å². The highest BCUT2D eigenvalue weighted by Gasteiger charge is 2.27. The van der Waals surface area contributed by atoms with E-state index in [2.05, 4.69) is 4.72 Å². The number of nitrogen functional groups attached to an aromatic ring is 1. The summed E-state index contributed by atoms with van der Waals surface area (Å²) in [7, 11) is -3.43. The molecule has 0 aliphatic carbocycles. The van der Waals surface area contributed by atoms with Crippen molar-refractivity contribution in [3.63, 3.8) is 0 Å². The second-order valence-corrected chi connectivity index (χ2v) is 7.97. The van der Waals surface area contributed by atoms with Gasteiger partial charge in [0.05, 0.1) is 5.75 Å². The molecule has 0 aliphatic rings. The fourth-order valence-corrected chi connectivity index (χ4v) is 3.59. The van der Waals surface area contributed by atoms with Gasteiger partial charge in [0.1, 0.15) is 5.67 Å². The van der Waals surface area contributed by atoms with E-state index < -0.39 is 15.7 Å². The van der Waals surface area contributed by atoms with Crippen molar-refractivity contribution < 1.29 is 12.8 Å². The van der Waals surface area contributed by atoms with Gasteiger partial charge in [-0.2, -0.15) is 0 Å². The number of halogens is 1. The van der Waals surface area contributed by atoms with E-state index >= 15 is 0 Å². The molecule has 0 heterocycles. The lowest BCUT2D eigenvalue weighted by Gasteiger charge is -2.21. The molecule has 130 valence electrons. The third-order valence-electron chi connectivity index (χ3n) is 3.80. The summed E-state index contributed by atoms with van der Waals surface area (Å²) < 4.78 is 40.6. The second-order valence-electron chi connectivity index (χ2n) is 6.04. The molecule has 1 atom stereocenters. The van der Waals surface area contributed by atoms with Crippen LogP contribution in [0.2, 0.25) is 0 Å². The van der Waals surface area contributed by atoms with Crippen molar-refractivity contribution >= 4 is 15.7 Å². The zero-order valence-corrected chi connectivity index (χ0v) is 14.7. The maximum atomic E-state index is 14.8. The van der Waals surface area contributed by atoms with Crippen molar-refractivity contribution in [1.82, 2.24) is 4.72 Å². The van der Waals surface area contributed by atoms with Crippen LogP contribution in [0.5, 0.6) is 0 Å². The van der Waals surface area contributed by atoms with Crippen molar-refractivity contribution in [2.45, 2.75) is 25.9 Å². The molecule has 2 aromatic rings. The van der Waals surface area contributed by atoms with Crippen molar-refractivity contribution in [2.75, 3.05) is 18.0 Å². The molecular weight excluding hydrogens is 327 g/mol. The molecule has 0 spiro atoms. The summed E-state index contributed by atoms with van der Waals surface area (Å²) in [5.41, 5.74) is 6.96. The average molecular weight is 350 g/mol. The molecule has 0 saturated heterocycles. The Morgan fingerprint density at radius 1 is 1.12 bits per heavy atom. The van der Waals surface area contributed by atoms with E-state index in [1.54, 1.807) is 25.1 Å². The van der Waals surface area contributed by atoms with Gasteiger partial charge in [-0.1, -0.05) is 43.3 Å². The molecule has 4 nitrogen and oxygen atoms in total. The Labute approximate surface area is 142 Å². The summed E-state index contributed by atoms with van der Waals surface area (Å²) in [6.07, 6.45) is 0.493. The zero-order valence-electron chi connectivity index (χ0n) is 13.9. The first-order valence-corrected chi connectivity index (χ1v) is 9.51. The van der Waals surface area contributed by atoms with Gasteiger partial charge in [0.2, 0.25) is 10.0 Å². The summed E-state index contributed by atoms with van der Waals surface area (Å²) in [6.45, 7) is 2.85. The number of nitrogens with one attached hydrogen (secondary N) is 1. The highest BCUT2D eigenvalue weighted by Crippen LogP contribution is 2.28. The smallest absolute Gasteiger partial charge is 0.211 e. The Hall–Kier alpha value is -1.92. The van der Waals surface area contributed by atoms with E-state index in [1.807, 2.05) is 30.3 Å². The molecule has 6 heteroatoms. The van der Waals surface area contributed by atoms with Gasteiger partial charge in [-0.15, -0.1) is 0 Å². The summed E-state index contributed by atoms with van der Waals surface area (Å²) in [6, 6.07) is 14.4. The van der Waals surface area contributed by atoms with E-state index in [0.29, 0.717) is 17.7 Å². The minimum absolute atomic E-state index is 0.00253. The summed E-state index contributed by atoms with van der Waals surface area (Å²) in [5, 5.41) is 0. The van der Waals surface area contributed by atoms with E-state index in [4.69, 9.17) is 5.73 Å². The fraction of sp³-hybridized carbons (Fsp3) is 0.333. The van der Waals surface area contributed by atoms with Crippen molar-refractivity contribution in [2.24, 2.45) is 0 Å². The van der Waals surface area contributed by atoms with Gasteiger partial charge in [0.15, 0.2) is 0 Å². The predicted molar refractivity (Wildman–Crippen MR) is 96.8 cm³/mol. The lowest BCUT2D eigenvalue weighted by atomic mass is 9.95. The van der Waals surface area contributed by atoms with Crippen LogP contribution in [0.4, 0.5) is 10.1 Å². The first kappa shape index (κ1) is 18.4. The predicted octanol–water partition coefficient (Wildman–Crippen LogP) is 3.45. The standard InChI is InChI=1S/C18H23FN2O2S/c1-3-11-24(22,23)21-13-18(2,19)16-9-7-14(8-10-16)15-5-4-6-17(20)12-15/h4-10,12,21H,3,11,13,20H2,1-2H3. The third kappa shape index (κ3) is 4.79. The highest BCUT2D eigenvalue weighted by atomic mass is 32.2. The lowest BCUT2D eigenvalue weighted by Crippen LogP contribution is -2.36. The van der Waals surface area contributed by atoms with Gasteiger partial charge in [0, 0.05) is 12.2 Å². The number of rotatable bonds is 7. The van der Waals surface area contributed by atoms with Crippen LogP contribution in [0.25, 0.3) is 11.1 Å². The molecule has 0 saturated carbocycles. The quantitative estimate of drug-likeness (QED) is 0.751. The Bertz CT molecular complexity index is 787. The van der Waals surface area contributed by atoms with Crippen LogP contribution in [-0.4, -0.2) is 20.7 Å². The summed E-state index contributed by atoms with van der Waals surface area (Å²) >= 11 is 0. The third-order valence-corrected chi connectivity index (χ3v) is 5.33. The van der Waals surface area contributed by atoms with Crippen LogP contribution in [-0.2, 0) is 15.7 Å². The molecule has 1 unspecified atom stereocenters. The van der Waals surface area contributed by atoms with Gasteiger partial charge in [0.25, 0.3) is 0 Å². The largest absolute Gasteiger partial charge is 0.399 e. The Balaban J connectivity index is 2.14. The fourth-order valence-electron chi connectivity index (χ4n) is 2.42. The number of hydrogen-bond acceptors (Lipinski definition) is 3. The number of anilines is 1. The molecule has 0 aliphatic heterocycles. The molecule has 2 aromatic carbocycles. The Morgan fingerprint density at radius 3 is 2.38 bits per heavy atom. The van der Waals surface area contributed by atoms with Crippen LogP contribution < -0.4 is 10.5 Å². The van der Waals surface area contributed by atoms with Gasteiger partial charge in [-0.05, 0) is 42.2 Å². The van der Waals surface area contributed by atoms with Gasteiger partial charge in [-0.25, -0.2) is 17.5 Å². The van der Waals surface area contributed by atoms with Crippen LogP contribution in [0.1, 0.15) is 25.8 Å². The zero-order chi connectivity index (χ0) is 17.8. The lowest BCUT2D eigenvalue weighted by molar-refractivity contribution is 0.196. The van der Waals surface area contributed by atoms with E-state index in [-0.39, 0.29) is 12.3 Å². The molecule has 0 amide bonds. The first-order valence-electron chi connectivity index (χ1n) is 7.86. The van der Waals surface area contributed by atoms with Crippen LogP contribution in [0.3, 0.4) is 0 Å². The van der Waals surface area contributed by atoms with Crippen LogP contribution in [0, 0.1) is 0 Å². The normalized spacial score (nSPS) is 14.3. The molecule has 0 radical (unpaired) electrons. The Kier molecular flexibility index (Phi) is 5.62. The number of sulfonamides is 1. The summed E-state index contributed by atoms with van der Waals surface area (Å²) in [4.78, 5) is 0. The van der Waals surface area contributed by atoms with Gasteiger partial charge in [-0.3, -0.25) is 0 Å². The monoisotopic (exact) mass is 350 g/mol. The topological polar surface area (TPSA) is 72.2 Å². The van der Waals surface area contributed by atoms with Crippen LogP contribution in [0.15, 0.2) is 48.5 Å². The van der Waals surface area contributed by atoms with Crippen molar-refractivity contribution in [3.05, 3.63) is 54.1 Å². The molecule has 0 aromatic heterocycles. The first-order chi connectivity index (χ1) is 11.2. The average Bonchev–Trinajstić information content (AvgIpc) is 2.53. The molecule has 3 N–H and O–H groups in total. The number of nitrogens with two attached hydrogens (primary N) is 1. The number of alkyl halides is 1. The van der Waals surface area contributed by atoms with Crippen molar-refractivity contribution in [1.29, 1.82) is 0 Å². The summed E-state index contributed by atoms with van der Waals surface area (Å²) in [5.74, 6) is -0.00253. The van der Waals surface area contributed by atoms with E-state index in [1.165, 1.54) is 6.92 Å². The minimum Gasteiger partial charge on any atom is -0.399 e. The molecular formula is C18H23FN2O2S. The van der Waals surface area contributed by atoms with Crippen molar-refractivity contribution in [3.8, 4) is 11.1 Å². The molecule has 0 bridgehead atoms. The van der Waals surface area contributed by atoms with E-state index in [0.717, 1.165) is 11.1 Å². The molecule has 2 rings (SSSR count).